The van der Waals surface area contributed by atoms with Crippen LogP contribution in [-0.2, 0) is 0 Å². The van der Waals surface area contributed by atoms with E-state index in [9.17, 15) is 0 Å². The first-order chi connectivity index (χ1) is 8.00. The van der Waals surface area contributed by atoms with Crippen LogP contribution in [0.4, 0.5) is 5.69 Å². The van der Waals surface area contributed by atoms with Crippen molar-refractivity contribution in [3.63, 3.8) is 0 Å². The van der Waals surface area contributed by atoms with Crippen molar-refractivity contribution in [3.05, 3.63) is 22.2 Å². The van der Waals surface area contributed by atoms with Crippen molar-refractivity contribution in [1.29, 1.82) is 0 Å². The molecule has 0 radical (unpaired) electrons. The van der Waals surface area contributed by atoms with Crippen LogP contribution in [0.3, 0.4) is 0 Å². The lowest BCUT2D eigenvalue weighted by atomic mass is 10.1. The Kier molecular flexibility index (Phi) is 3.15. The van der Waals surface area contributed by atoms with Crippen molar-refractivity contribution in [2.45, 2.75) is 26.8 Å². The molecule has 90 valence electrons. The second-order valence-electron chi connectivity index (χ2n) is 4.21. The van der Waals surface area contributed by atoms with Gasteiger partial charge in [0.05, 0.1) is 6.04 Å². The molecule has 0 bridgehead atoms. The van der Waals surface area contributed by atoms with E-state index in [1.165, 1.54) is 0 Å². The van der Waals surface area contributed by atoms with E-state index < -0.39 is 0 Å². The number of tetrazole rings is 1. The zero-order valence-corrected chi connectivity index (χ0v) is 11.6. The van der Waals surface area contributed by atoms with Crippen molar-refractivity contribution in [2.75, 3.05) is 5.73 Å². The van der Waals surface area contributed by atoms with Gasteiger partial charge in [0.25, 0.3) is 0 Å². The van der Waals surface area contributed by atoms with Crippen LogP contribution in [-0.4, -0.2) is 20.2 Å². The minimum absolute atomic E-state index is 0.208. The molecule has 0 spiro atoms. The van der Waals surface area contributed by atoms with Crippen molar-refractivity contribution in [3.8, 4) is 11.4 Å². The van der Waals surface area contributed by atoms with Crippen LogP contribution >= 0.6 is 15.9 Å². The van der Waals surface area contributed by atoms with Gasteiger partial charge in [0.1, 0.15) is 0 Å². The Labute approximate surface area is 108 Å². The fourth-order valence-corrected chi connectivity index (χ4v) is 2.13. The normalized spacial score (nSPS) is 11.1. The number of nitrogen functional groups attached to an aromatic ring is 1. The van der Waals surface area contributed by atoms with E-state index in [0.29, 0.717) is 0 Å². The van der Waals surface area contributed by atoms with Crippen molar-refractivity contribution < 1.29 is 0 Å². The number of anilines is 1. The topological polar surface area (TPSA) is 69.6 Å². The van der Waals surface area contributed by atoms with Crippen molar-refractivity contribution >= 4 is 21.6 Å². The first kappa shape index (κ1) is 12.0. The Bertz CT molecular complexity index is 547. The third-order valence-corrected chi connectivity index (χ3v) is 3.09. The summed E-state index contributed by atoms with van der Waals surface area (Å²) in [6, 6.07) is 4.07. The molecule has 0 aliphatic rings. The van der Waals surface area contributed by atoms with Crippen LogP contribution in [0.1, 0.15) is 25.5 Å². The van der Waals surface area contributed by atoms with Gasteiger partial charge in [0.15, 0.2) is 5.82 Å². The predicted octanol–water partition coefficient (Wildman–Crippen LogP) is 2.57. The first-order valence-electron chi connectivity index (χ1n) is 5.34. The lowest BCUT2D eigenvalue weighted by Crippen LogP contribution is -2.06. The van der Waals surface area contributed by atoms with Gasteiger partial charge in [-0.1, -0.05) is 15.9 Å². The summed E-state index contributed by atoms with van der Waals surface area (Å²) in [6.45, 7) is 6.05. The largest absolute Gasteiger partial charge is 0.398 e. The molecule has 0 unspecified atom stereocenters. The molecule has 0 saturated carbocycles. The SMILES string of the molecule is Cc1c(N)cc(Br)cc1-c1nnnn1C(C)C. The van der Waals surface area contributed by atoms with Crippen LogP contribution in [0.5, 0.6) is 0 Å². The molecule has 0 saturated heterocycles. The molecular formula is C11H14BrN5. The summed E-state index contributed by atoms with van der Waals surface area (Å²) in [6.07, 6.45) is 0. The van der Waals surface area contributed by atoms with Gasteiger partial charge in [-0.2, -0.15) is 0 Å². The molecule has 1 aromatic heterocycles. The molecule has 0 atom stereocenters. The zero-order chi connectivity index (χ0) is 12.6. The molecule has 2 rings (SSSR count). The summed E-state index contributed by atoms with van der Waals surface area (Å²) in [5.74, 6) is 0.741. The zero-order valence-electron chi connectivity index (χ0n) is 9.98. The van der Waals surface area contributed by atoms with Gasteiger partial charge in [-0.05, 0) is 48.9 Å². The maximum absolute atomic E-state index is 5.95. The maximum Gasteiger partial charge on any atom is 0.182 e. The minimum Gasteiger partial charge on any atom is -0.398 e. The molecule has 6 heteroatoms. The lowest BCUT2D eigenvalue weighted by Gasteiger charge is -2.11. The highest BCUT2D eigenvalue weighted by atomic mass is 79.9. The minimum atomic E-state index is 0.208. The number of benzene rings is 1. The second kappa shape index (κ2) is 4.44. The van der Waals surface area contributed by atoms with Gasteiger partial charge >= 0.3 is 0 Å². The highest BCUT2D eigenvalue weighted by Gasteiger charge is 2.15. The molecule has 0 aliphatic carbocycles. The number of nitrogens with two attached hydrogens (primary N) is 1. The second-order valence-corrected chi connectivity index (χ2v) is 5.12. The van der Waals surface area contributed by atoms with Gasteiger partial charge in [0, 0.05) is 15.7 Å². The van der Waals surface area contributed by atoms with Crippen LogP contribution in [0.2, 0.25) is 0 Å². The average molecular weight is 296 g/mol. The molecule has 0 amide bonds. The molecule has 0 aliphatic heterocycles. The first-order valence-corrected chi connectivity index (χ1v) is 6.14. The Balaban J connectivity index is 2.64. The number of hydrogen-bond acceptors (Lipinski definition) is 4. The Morgan fingerprint density at radius 2 is 2.06 bits per heavy atom. The van der Waals surface area contributed by atoms with Crippen molar-refractivity contribution in [1.82, 2.24) is 20.2 Å². The number of nitrogens with zero attached hydrogens (tertiary/aromatic N) is 4. The average Bonchev–Trinajstić information content (AvgIpc) is 2.72. The smallest absolute Gasteiger partial charge is 0.182 e. The van der Waals surface area contributed by atoms with E-state index in [4.69, 9.17) is 5.73 Å². The third-order valence-electron chi connectivity index (χ3n) is 2.64. The van der Waals surface area contributed by atoms with Gasteiger partial charge < -0.3 is 5.73 Å². The molecule has 0 fully saturated rings. The lowest BCUT2D eigenvalue weighted by molar-refractivity contribution is 0.519. The van der Waals surface area contributed by atoms with Crippen molar-refractivity contribution in [2.24, 2.45) is 0 Å². The van der Waals surface area contributed by atoms with E-state index in [1.54, 1.807) is 4.68 Å². The molecule has 17 heavy (non-hydrogen) atoms. The Morgan fingerprint density at radius 1 is 1.35 bits per heavy atom. The van der Waals surface area contributed by atoms with Gasteiger partial charge in [-0.25, -0.2) is 4.68 Å². The summed E-state index contributed by atoms with van der Waals surface area (Å²) in [7, 11) is 0. The van der Waals surface area contributed by atoms with Gasteiger partial charge in [-0.3, -0.25) is 0 Å². The molecule has 1 heterocycles. The van der Waals surface area contributed by atoms with Crippen LogP contribution < -0.4 is 5.73 Å². The third kappa shape index (κ3) is 2.17. The summed E-state index contributed by atoms with van der Waals surface area (Å²) in [5, 5.41) is 11.8. The highest BCUT2D eigenvalue weighted by Crippen LogP contribution is 2.30. The van der Waals surface area contributed by atoms with Crippen LogP contribution in [0.25, 0.3) is 11.4 Å². The predicted molar refractivity (Wildman–Crippen MR) is 70.5 cm³/mol. The van der Waals surface area contributed by atoms with Gasteiger partial charge in [-0.15, -0.1) is 5.10 Å². The van der Waals surface area contributed by atoms with Gasteiger partial charge in [0.2, 0.25) is 0 Å². The highest BCUT2D eigenvalue weighted by molar-refractivity contribution is 9.10. The summed E-state index contributed by atoms with van der Waals surface area (Å²) in [4.78, 5) is 0. The van der Waals surface area contributed by atoms with E-state index in [-0.39, 0.29) is 6.04 Å². The maximum atomic E-state index is 5.95. The molecule has 2 aromatic rings. The summed E-state index contributed by atoms with van der Waals surface area (Å²) >= 11 is 3.44. The summed E-state index contributed by atoms with van der Waals surface area (Å²) < 4.78 is 2.71. The number of hydrogen-bond donors (Lipinski definition) is 1. The number of halogens is 1. The fourth-order valence-electron chi connectivity index (χ4n) is 1.65. The molecular weight excluding hydrogens is 282 g/mol. The summed E-state index contributed by atoms with van der Waals surface area (Å²) in [5.41, 5.74) is 8.62. The van der Waals surface area contributed by atoms with E-state index in [1.807, 2.05) is 32.9 Å². The Hall–Kier alpha value is -1.43. The van der Waals surface area contributed by atoms with E-state index in [0.717, 1.165) is 27.1 Å². The number of aromatic nitrogens is 4. The fraction of sp³-hybridized carbons (Fsp3) is 0.364. The Morgan fingerprint density at radius 3 is 2.71 bits per heavy atom. The molecule has 5 nitrogen and oxygen atoms in total. The van der Waals surface area contributed by atoms with E-state index >= 15 is 0 Å². The van der Waals surface area contributed by atoms with Crippen LogP contribution in [0.15, 0.2) is 16.6 Å². The van der Waals surface area contributed by atoms with E-state index in [2.05, 4.69) is 31.5 Å². The molecule has 1 aromatic carbocycles. The van der Waals surface area contributed by atoms with Crippen LogP contribution in [0, 0.1) is 6.92 Å². The molecule has 2 N–H and O–H groups in total. The monoisotopic (exact) mass is 295 g/mol. The quantitative estimate of drug-likeness (QED) is 0.865. The number of rotatable bonds is 2. The standard InChI is InChI=1S/C11H14BrN5/c1-6(2)17-11(14-15-16-17)9-4-8(12)5-10(13)7(9)3/h4-6H,13H2,1-3H3.